The predicted molar refractivity (Wildman–Crippen MR) is 52.4 cm³/mol. The van der Waals surface area contributed by atoms with Gasteiger partial charge in [-0.25, -0.2) is 0 Å². The zero-order valence-electron chi connectivity index (χ0n) is 8.67. The van der Waals surface area contributed by atoms with Gasteiger partial charge in [-0.3, -0.25) is 4.79 Å². The molecule has 0 saturated heterocycles. The van der Waals surface area contributed by atoms with E-state index in [1.165, 1.54) is 0 Å². The second-order valence-electron chi connectivity index (χ2n) is 3.33. The Morgan fingerprint density at radius 3 is 2.31 bits per heavy atom. The van der Waals surface area contributed by atoms with Gasteiger partial charge in [0, 0.05) is 6.42 Å². The molecule has 0 spiro atoms. The molecule has 0 aliphatic heterocycles. The van der Waals surface area contributed by atoms with Crippen molar-refractivity contribution in [2.75, 3.05) is 6.61 Å². The number of hydrogen-bond donors (Lipinski definition) is 0. The van der Waals surface area contributed by atoms with Crippen molar-refractivity contribution in [1.29, 1.82) is 0 Å². The molecule has 0 aromatic heterocycles. The van der Waals surface area contributed by atoms with Crippen molar-refractivity contribution in [2.24, 2.45) is 0 Å². The topological polar surface area (TPSA) is 26.3 Å². The van der Waals surface area contributed by atoms with Crippen LogP contribution in [-0.2, 0) is 4.79 Å². The van der Waals surface area contributed by atoms with Gasteiger partial charge in [0.15, 0.2) is 0 Å². The summed E-state index contributed by atoms with van der Waals surface area (Å²) in [7, 11) is 0. The van der Waals surface area contributed by atoms with Crippen LogP contribution < -0.4 is 4.74 Å². The van der Waals surface area contributed by atoms with Crippen LogP contribution in [-0.4, -0.2) is 18.6 Å². The summed E-state index contributed by atoms with van der Waals surface area (Å²) in [6, 6.07) is 6.85. The fourth-order valence-corrected chi connectivity index (χ4v) is 1.04. The van der Waals surface area contributed by atoms with E-state index >= 15 is 0 Å². The van der Waals surface area contributed by atoms with Crippen molar-refractivity contribution < 1.29 is 22.7 Å². The Balaban J connectivity index is 2.36. The fourth-order valence-electron chi connectivity index (χ4n) is 1.04. The lowest BCUT2D eigenvalue weighted by atomic mass is 10.2. The van der Waals surface area contributed by atoms with Crippen LogP contribution in [0.2, 0.25) is 0 Å². The molecule has 0 N–H and O–H groups in total. The minimum Gasteiger partial charge on any atom is -0.493 e. The summed E-state index contributed by atoms with van der Waals surface area (Å²) in [5.41, 5.74) is 1.03. The zero-order valence-corrected chi connectivity index (χ0v) is 8.67. The van der Waals surface area contributed by atoms with Gasteiger partial charge in [0.1, 0.15) is 5.75 Å². The van der Waals surface area contributed by atoms with Gasteiger partial charge in [-0.15, -0.1) is 0 Å². The number of carbonyl (C=O) groups excluding carboxylic acids is 1. The second-order valence-corrected chi connectivity index (χ2v) is 3.33. The Labute approximate surface area is 91.0 Å². The number of rotatable bonds is 4. The highest BCUT2D eigenvalue weighted by atomic mass is 19.4. The van der Waals surface area contributed by atoms with E-state index in [0.29, 0.717) is 5.75 Å². The van der Waals surface area contributed by atoms with Crippen molar-refractivity contribution >= 4 is 5.78 Å². The van der Waals surface area contributed by atoms with E-state index in [1.807, 2.05) is 6.92 Å². The predicted octanol–water partition coefficient (Wildman–Crippen LogP) is 2.90. The maximum atomic E-state index is 11.8. The molecule has 0 unspecified atom stereocenters. The first-order valence-corrected chi connectivity index (χ1v) is 4.69. The van der Waals surface area contributed by atoms with Gasteiger partial charge in [-0.05, 0) is 19.1 Å². The summed E-state index contributed by atoms with van der Waals surface area (Å²) in [4.78, 5) is 10.5. The molecule has 1 aromatic rings. The van der Waals surface area contributed by atoms with E-state index in [0.717, 1.165) is 5.56 Å². The number of Topliss-reactive ketones (excluding diaryl/α,β-unsaturated/α-hetero) is 1. The quantitative estimate of drug-likeness (QED) is 0.797. The smallest absolute Gasteiger partial charge is 0.450 e. The van der Waals surface area contributed by atoms with Crippen LogP contribution in [0.15, 0.2) is 24.3 Å². The largest absolute Gasteiger partial charge is 0.493 e. The second kappa shape index (κ2) is 5.01. The third kappa shape index (κ3) is 3.92. The first-order valence-electron chi connectivity index (χ1n) is 4.69. The molecule has 0 aliphatic carbocycles. The molecule has 0 amide bonds. The number of hydrogen-bond acceptors (Lipinski definition) is 2. The molecule has 1 rings (SSSR count). The minimum absolute atomic E-state index is 0.262. The number of benzene rings is 1. The van der Waals surface area contributed by atoms with Gasteiger partial charge in [-0.1, -0.05) is 17.7 Å². The van der Waals surface area contributed by atoms with E-state index in [1.54, 1.807) is 24.3 Å². The molecule has 0 bridgehead atoms. The standard InChI is InChI=1S/C11H11F3O2/c1-8-2-4-9(5-3-8)16-7-6-10(15)11(12,13)14/h2-5H,6-7H2,1H3. The highest BCUT2D eigenvalue weighted by Gasteiger charge is 2.37. The Bertz CT molecular complexity index is 354. The Morgan fingerprint density at radius 1 is 1.25 bits per heavy atom. The minimum atomic E-state index is -4.77. The van der Waals surface area contributed by atoms with E-state index in [-0.39, 0.29) is 6.61 Å². The van der Waals surface area contributed by atoms with Crippen LogP contribution in [0.25, 0.3) is 0 Å². The van der Waals surface area contributed by atoms with Crippen LogP contribution in [0, 0.1) is 6.92 Å². The maximum Gasteiger partial charge on any atom is 0.450 e. The Kier molecular flexibility index (Phi) is 3.93. The van der Waals surface area contributed by atoms with Crippen molar-refractivity contribution in [2.45, 2.75) is 19.5 Å². The van der Waals surface area contributed by atoms with Crippen LogP contribution in [0.3, 0.4) is 0 Å². The fraction of sp³-hybridized carbons (Fsp3) is 0.364. The molecule has 0 radical (unpaired) electrons. The molecular weight excluding hydrogens is 221 g/mol. The molecule has 0 saturated carbocycles. The van der Waals surface area contributed by atoms with E-state index < -0.39 is 18.4 Å². The van der Waals surface area contributed by atoms with Crippen molar-refractivity contribution in [3.05, 3.63) is 29.8 Å². The average molecular weight is 232 g/mol. The molecular formula is C11H11F3O2. The van der Waals surface area contributed by atoms with Gasteiger partial charge in [0.25, 0.3) is 0 Å². The Morgan fingerprint density at radius 2 is 1.81 bits per heavy atom. The zero-order chi connectivity index (χ0) is 12.2. The molecule has 0 atom stereocenters. The number of halogens is 3. The summed E-state index contributed by atoms with van der Waals surface area (Å²) in [6.45, 7) is 1.62. The number of ether oxygens (including phenoxy) is 1. The molecule has 5 heteroatoms. The monoisotopic (exact) mass is 232 g/mol. The van der Waals surface area contributed by atoms with Gasteiger partial charge in [0.2, 0.25) is 5.78 Å². The number of ketones is 1. The molecule has 0 fully saturated rings. The third-order valence-electron chi connectivity index (χ3n) is 1.94. The van der Waals surface area contributed by atoms with Crippen LogP contribution in [0.4, 0.5) is 13.2 Å². The summed E-state index contributed by atoms with van der Waals surface area (Å²) < 4.78 is 40.5. The Hall–Kier alpha value is -1.52. The lowest BCUT2D eigenvalue weighted by Gasteiger charge is -2.07. The van der Waals surface area contributed by atoms with Gasteiger partial charge in [-0.2, -0.15) is 13.2 Å². The summed E-state index contributed by atoms with van der Waals surface area (Å²) in [6.07, 6.45) is -5.42. The van der Waals surface area contributed by atoms with Crippen molar-refractivity contribution in [3.63, 3.8) is 0 Å². The third-order valence-corrected chi connectivity index (χ3v) is 1.94. The molecule has 0 heterocycles. The molecule has 0 aliphatic rings. The molecule has 88 valence electrons. The number of carbonyl (C=O) groups is 1. The summed E-state index contributed by atoms with van der Waals surface area (Å²) in [5, 5.41) is 0. The summed E-state index contributed by atoms with van der Waals surface area (Å²) in [5.74, 6) is -1.31. The van der Waals surface area contributed by atoms with Crippen LogP contribution >= 0.6 is 0 Å². The number of alkyl halides is 3. The van der Waals surface area contributed by atoms with Crippen LogP contribution in [0.5, 0.6) is 5.75 Å². The highest BCUT2D eigenvalue weighted by Crippen LogP contribution is 2.18. The van der Waals surface area contributed by atoms with Crippen LogP contribution in [0.1, 0.15) is 12.0 Å². The first kappa shape index (κ1) is 12.5. The van der Waals surface area contributed by atoms with Gasteiger partial charge in [0.05, 0.1) is 6.61 Å². The van der Waals surface area contributed by atoms with E-state index in [9.17, 15) is 18.0 Å². The van der Waals surface area contributed by atoms with E-state index in [2.05, 4.69) is 0 Å². The van der Waals surface area contributed by atoms with E-state index in [4.69, 9.17) is 4.74 Å². The number of aryl methyl sites for hydroxylation is 1. The molecule has 16 heavy (non-hydrogen) atoms. The first-order chi connectivity index (χ1) is 7.39. The lowest BCUT2D eigenvalue weighted by molar-refractivity contribution is -0.171. The highest BCUT2D eigenvalue weighted by molar-refractivity contribution is 5.84. The average Bonchev–Trinajstić information content (AvgIpc) is 2.19. The van der Waals surface area contributed by atoms with Gasteiger partial charge < -0.3 is 4.74 Å². The normalized spacial score (nSPS) is 11.2. The van der Waals surface area contributed by atoms with Crippen molar-refractivity contribution in [3.8, 4) is 5.75 Å². The van der Waals surface area contributed by atoms with Gasteiger partial charge >= 0.3 is 6.18 Å². The maximum absolute atomic E-state index is 11.8. The molecule has 1 aromatic carbocycles. The lowest BCUT2D eigenvalue weighted by Crippen LogP contribution is -2.24. The molecule has 2 nitrogen and oxygen atoms in total. The van der Waals surface area contributed by atoms with Crippen molar-refractivity contribution in [1.82, 2.24) is 0 Å². The summed E-state index contributed by atoms with van der Waals surface area (Å²) >= 11 is 0. The SMILES string of the molecule is Cc1ccc(OCCC(=O)C(F)(F)F)cc1.